The highest BCUT2D eigenvalue weighted by molar-refractivity contribution is 7.10. The monoisotopic (exact) mass is 308 g/mol. The maximum Gasteiger partial charge on any atom is 0.236 e. The fraction of sp³-hybridized carbons (Fsp3) is 0.706. The third-order valence-electron chi connectivity index (χ3n) is 4.68. The molecule has 0 saturated heterocycles. The second kappa shape index (κ2) is 7.95. The Morgan fingerprint density at radius 2 is 2.05 bits per heavy atom. The number of nitrogens with zero attached hydrogens (tertiary/aromatic N) is 2. The molecule has 4 heteroatoms. The average molecular weight is 308 g/mol. The van der Waals surface area contributed by atoms with Gasteiger partial charge in [0.25, 0.3) is 0 Å². The molecular weight excluding hydrogens is 280 g/mol. The van der Waals surface area contributed by atoms with Gasteiger partial charge in [-0.3, -0.25) is 9.69 Å². The molecule has 1 atom stereocenters. The highest BCUT2D eigenvalue weighted by Crippen LogP contribution is 2.25. The molecule has 0 aromatic carbocycles. The summed E-state index contributed by atoms with van der Waals surface area (Å²) in [7, 11) is 4.00. The van der Waals surface area contributed by atoms with Crippen LogP contribution in [0.5, 0.6) is 0 Å². The first kappa shape index (κ1) is 16.5. The summed E-state index contributed by atoms with van der Waals surface area (Å²) in [6, 6.07) is 4.51. The minimum absolute atomic E-state index is 0.242. The molecule has 0 bridgehead atoms. The summed E-state index contributed by atoms with van der Waals surface area (Å²) in [4.78, 5) is 17.8. The molecular formula is C17H28N2OS. The molecule has 1 amide bonds. The Balaban J connectivity index is 1.79. The SMILES string of the molecule is CC(c1cccs1)N(C)CC(=O)N(C)CC1CCCCC1. The molecule has 1 heterocycles. The van der Waals surface area contributed by atoms with Crippen LogP contribution in [-0.2, 0) is 4.79 Å². The predicted molar refractivity (Wildman–Crippen MR) is 89.6 cm³/mol. The maximum atomic E-state index is 12.4. The minimum Gasteiger partial charge on any atom is -0.344 e. The molecule has 0 radical (unpaired) electrons. The van der Waals surface area contributed by atoms with E-state index in [-0.39, 0.29) is 5.91 Å². The largest absolute Gasteiger partial charge is 0.344 e. The molecule has 118 valence electrons. The number of hydrogen-bond acceptors (Lipinski definition) is 3. The minimum atomic E-state index is 0.242. The Kier molecular flexibility index (Phi) is 6.24. The van der Waals surface area contributed by atoms with E-state index in [0.29, 0.717) is 18.5 Å². The van der Waals surface area contributed by atoms with Crippen LogP contribution in [0.15, 0.2) is 17.5 Å². The summed E-state index contributed by atoms with van der Waals surface area (Å²) in [5, 5.41) is 2.09. The van der Waals surface area contributed by atoms with Gasteiger partial charge in [0.1, 0.15) is 0 Å². The van der Waals surface area contributed by atoms with Crippen molar-refractivity contribution < 1.29 is 4.79 Å². The molecule has 21 heavy (non-hydrogen) atoms. The highest BCUT2D eigenvalue weighted by atomic mass is 32.1. The lowest BCUT2D eigenvalue weighted by molar-refractivity contribution is -0.132. The van der Waals surface area contributed by atoms with Gasteiger partial charge >= 0.3 is 0 Å². The van der Waals surface area contributed by atoms with E-state index in [1.807, 2.05) is 19.0 Å². The van der Waals surface area contributed by atoms with Crippen molar-refractivity contribution in [3.05, 3.63) is 22.4 Å². The van der Waals surface area contributed by atoms with Crippen molar-refractivity contribution in [3.8, 4) is 0 Å². The Bertz CT molecular complexity index is 426. The molecule has 1 aromatic heterocycles. The molecule has 1 aliphatic carbocycles. The number of carbonyl (C=O) groups excluding carboxylic acids is 1. The van der Waals surface area contributed by atoms with E-state index in [4.69, 9.17) is 0 Å². The lowest BCUT2D eigenvalue weighted by Crippen LogP contribution is -2.40. The van der Waals surface area contributed by atoms with E-state index >= 15 is 0 Å². The molecule has 1 aliphatic rings. The summed E-state index contributed by atoms with van der Waals surface area (Å²) in [6.07, 6.45) is 6.62. The number of amides is 1. The van der Waals surface area contributed by atoms with Crippen molar-refractivity contribution in [1.29, 1.82) is 0 Å². The topological polar surface area (TPSA) is 23.6 Å². The van der Waals surface area contributed by atoms with Gasteiger partial charge in [0.2, 0.25) is 5.91 Å². The molecule has 0 aliphatic heterocycles. The standard InChI is InChI=1S/C17H28N2OS/c1-14(16-10-7-11-21-16)18(2)13-17(20)19(3)12-15-8-5-4-6-9-15/h7,10-11,14-15H,4-6,8-9,12-13H2,1-3H3. The first-order chi connectivity index (χ1) is 10.1. The van der Waals surface area contributed by atoms with Gasteiger partial charge < -0.3 is 4.90 Å². The van der Waals surface area contributed by atoms with E-state index in [1.165, 1.54) is 37.0 Å². The smallest absolute Gasteiger partial charge is 0.236 e. The van der Waals surface area contributed by atoms with Crippen LogP contribution in [0.25, 0.3) is 0 Å². The quantitative estimate of drug-likeness (QED) is 0.798. The van der Waals surface area contributed by atoms with Crippen molar-refractivity contribution in [1.82, 2.24) is 9.80 Å². The zero-order valence-electron chi connectivity index (χ0n) is 13.5. The van der Waals surface area contributed by atoms with Gasteiger partial charge in [-0.15, -0.1) is 11.3 Å². The molecule has 1 unspecified atom stereocenters. The number of likely N-dealkylation sites (N-methyl/N-ethyl adjacent to an activating group) is 2. The third kappa shape index (κ3) is 4.82. The maximum absolute atomic E-state index is 12.4. The summed E-state index contributed by atoms with van der Waals surface area (Å²) >= 11 is 1.76. The predicted octanol–water partition coefficient (Wildman–Crippen LogP) is 3.78. The van der Waals surface area contributed by atoms with Gasteiger partial charge in [0.15, 0.2) is 0 Å². The normalized spacial score (nSPS) is 17.9. The van der Waals surface area contributed by atoms with Gasteiger partial charge in [-0.25, -0.2) is 0 Å². The van der Waals surface area contributed by atoms with Crippen molar-refractivity contribution in [2.24, 2.45) is 5.92 Å². The summed E-state index contributed by atoms with van der Waals surface area (Å²) in [5.74, 6) is 0.958. The highest BCUT2D eigenvalue weighted by Gasteiger charge is 2.21. The number of carbonyl (C=O) groups is 1. The Labute approximate surface area is 132 Å². The molecule has 0 spiro atoms. The Morgan fingerprint density at radius 1 is 1.33 bits per heavy atom. The van der Waals surface area contributed by atoms with Crippen LogP contribution in [0.1, 0.15) is 49.9 Å². The molecule has 1 aromatic rings. The molecule has 1 fully saturated rings. The average Bonchev–Trinajstić information content (AvgIpc) is 3.01. The van der Waals surface area contributed by atoms with Crippen LogP contribution in [0.2, 0.25) is 0 Å². The van der Waals surface area contributed by atoms with Crippen LogP contribution >= 0.6 is 11.3 Å². The van der Waals surface area contributed by atoms with E-state index in [9.17, 15) is 4.79 Å². The second-order valence-electron chi connectivity index (χ2n) is 6.38. The van der Waals surface area contributed by atoms with Crippen molar-refractivity contribution in [2.75, 3.05) is 27.2 Å². The molecule has 2 rings (SSSR count). The summed E-state index contributed by atoms with van der Waals surface area (Å²) in [6.45, 7) is 3.60. The van der Waals surface area contributed by atoms with Crippen LogP contribution in [-0.4, -0.2) is 42.9 Å². The lowest BCUT2D eigenvalue weighted by atomic mass is 9.89. The third-order valence-corrected chi connectivity index (χ3v) is 5.73. The second-order valence-corrected chi connectivity index (χ2v) is 7.36. The fourth-order valence-electron chi connectivity index (χ4n) is 3.08. The van der Waals surface area contributed by atoms with Crippen LogP contribution in [0, 0.1) is 5.92 Å². The van der Waals surface area contributed by atoms with Gasteiger partial charge in [0.05, 0.1) is 6.54 Å². The first-order valence-corrected chi connectivity index (χ1v) is 8.93. The van der Waals surface area contributed by atoms with E-state index in [2.05, 4.69) is 29.3 Å². The van der Waals surface area contributed by atoms with Gasteiger partial charge in [-0.2, -0.15) is 0 Å². The van der Waals surface area contributed by atoms with E-state index in [1.54, 1.807) is 11.3 Å². The number of rotatable bonds is 6. The van der Waals surface area contributed by atoms with Crippen molar-refractivity contribution in [2.45, 2.75) is 45.1 Å². The van der Waals surface area contributed by atoms with Crippen LogP contribution < -0.4 is 0 Å². The zero-order chi connectivity index (χ0) is 15.2. The van der Waals surface area contributed by atoms with E-state index < -0.39 is 0 Å². The lowest BCUT2D eigenvalue weighted by Gasteiger charge is -2.29. The zero-order valence-corrected chi connectivity index (χ0v) is 14.4. The van der Waals surface area contributed by atoms with Gasteiger partial charge in [-0.05, 0) is 44.2 Å². The number of thiophene rings is 1. The molecule has 1 saturated carbocycles. The molecule has 3 nitrogen and oxygen atoms in total. The molecule has 0 N–H and O–H groups in total. The summed E-state index contributed by atoms with van der Waals surface area (Å²) in [5.41, 5.74) is 0. The summed E-state index contributed by atoms with van der Waals surface area (Å²) < 4.78 is 0. The van der Waals surface area contributed by atoms with Gasteiger partial charge in [0, 0.05) is 24.5 Å². The van der Waals surface area contributed by atoms with Crippen molar-refractivity contribution >= 4 is 17.2 Å². The van der Waals surface area contributed by atoms with Gasteiger partial charge in [-0.1, -0.05) is 25.3 Å². The fourth-order valence-corrected chi connectivity index (χ4v) is 3.92. The first-order valence-electron chi connectivity index (χ1n) is 8.05. The van der Waals surface area contributed by atoms with Crippen LogP contribution in [0.3, 0.4) is 0 Å². The Hall–Kier alpha value is -0.870. The number of hydrogen-bond donors (Lipinski definition) is 0. The Morgan fingerprint density at radius 3 is 2.67 bits per heavy atom. The van der Waals surface area contributed by atoms with E-state index in [0.717, 1.165) is 6.54 Å². The van der Waals surface area contributed by atoms with Crippen molar-refractivity contribution in [3.63, 3.8) is 0 Å². The van der Waals surface area contributed by atoms with Crippen LogP contribution in [0.4, 0.5) is 0 Å².